The van der Waals surface area contributed by atoms with Crippen LogP contribution in [0.5, 0.6) is 0 Å². The molecule has 2 saturated carbocycles. The summed E-state index contributed by atoms with van der Waals surface area (Å²) in [6, 6.07) is 10.6. The van der Waals surface area contributed by atoms with Crippen molar-refractivity contribution in [1.29, 1.82) is 0 Å². The molecule has 6 rings (SSSR count). The minimum atomic E-state index is 0.786. The van der Waals surface area contributed by atoms with Crippen molar-refractivity contribution in [2.45, 2.75) is 118 Å². The van der Waals surface area contributed by atoms with Gasteiger partial charge in [-0.15, -0.1) is 0 Å². The van der Waals surface area contributed by atoms with E-state index in [9.17, 15) is 0 Å². The highest BCUT2D eigenvalue weighted by molar-refractivity contribution is 5.49. The SMILES string of the molecule is Cc1cc(C)c(-n2cc[n+](-c3c(C)cc(C)cc3C)c2)c(C)c1.c1c[n+](C2CCCCC2)cn1C1CCCCC1. The zero-order chi connectivity index (χ0) is 28.2. The van der Waals surface area contributed by atoms with E-state index in [2.05, 4.69) is 122 Å². The van der Waals surface area contributed by atoms with Gasteiger partial charge in [0.15, 0.2) is 0 Å². The van der Waals surface area contributed by atoms with Crippen molar-refractivity contribution in [3.63, 3.8) is 0 Å². The van der Waals surface area contributed by atoms with Crippen LogP contribution < -0.4 is 9.13 Å². The Morgan fingerprint density at radius 3 is 1.75 bits per heavy atom. The van der Waals surface area contributed by atoms with Gasteiger partial charge in [0.05, 0.1) is 0 Å². The molecule has 2 fully saturated rings. The smallest absolute Gasteiger partial charge is 0.234 e. The maximum absolute atomic E-state index is 2.48. The summed E-state index contributed by atoms with van der Waals surface area (Å²) < 4.78 is 9.41. The van der Waals surface area contributed by atoms with Crippen LogP contribution >= 0.6 is 0 Å². The van der Waals surface area contributed by atoms with Crippen molar-refractivity contribution >= 4 is 0 Å². The van der Waals surface area contributed by atoms with Crippen LogP contribution in [0.15, 0.2) is 61.7 Å². The van der Waals surface area contributed by atoms with Crippen LogP contribution in [-0.2, 0) is 0 Å². The van der Waals surface area contributed by atoms with Gasteiger partial charge in [-0.1, -0.05) is 48.2 Å². The van der Waals surface area contributed by atoms with Gasteiger partial charge in [-0.05, 0) is 115 Å². The van der Waals surface area contributed by atoms with Crippen molar-refractivity contribution < 1.29 is 9.13 Å². The molecule has 0 unspecified atom stereocenters. The van der Waals surface area contributed by atoms with Gasteiger partial charge in [-0.2, -0.15) is 0 Å². The first-order valence-corrected chi connectivity index (χ1v) is 15.6. The Kier molecular flexibility index (Phi) is 8.93. The molecule has 4 aromatic rings. The highest BCUT2D eigenvalue weighted by atomic mass is 15.1. The summed E-state index contributed by atoms with van der Waals surface area (Å²) in [5.74, 6) is 0. The van der Waals surface area contributed by atoms with Crippen LogP contribution in [0.1, 0.15) is 110 Å². The monoisotopic (exact) mass is 538 g/mol. The number of aryl methyl sites for hydroxylation is 6. The van der Waals surface area contributed by atoms with Gasteiger partial charge in [0.25, 0.3) is 6.33 Å². The Labute approximate surface area is 242 Å². The summed E-state index contributed by atoms with van der Waals surface area (Å²) in [5.41, 5.74) is 10.4. The first kappa shape index (κ1) is 28.4. The number of benzene rings is 2. The molecule has 0 N–H and O–H groups in total. The Balaban J connectivity index is 0.000000168. The molecule has 4 nitrogen and oxygen atoms in total. The summed E-state index contributed by atoms with van der Waals surface area (Å²) >= 11 is 0. The molecule has 0 saturated heterocycles. The molecule has 0 radical (unpaired) electrons. The zero-order valence-corrected chi connectivity index (χ0v) is 25.8. The molecule has 2 aliphatic carbocycles. The van der Waals surface area contributed by atoms with Gasteiger partial charge in [-0.25, -0.2) is 18.3 Å². The van der Waals surface area contributed by atoms with Crippen molar-refractivity contribution in [2.24, 2.45) is 0 Å². The Morgan fingerprint density at radius 1 is 0.600 bits per heavy atom. The summed E-state index contributed by atoms with van der Waals surface area (Å²) in [5, 5.41) is 0. The van der Waals surface area contributed by atoms with E-state index in [1.165, 1.54) is 109 Å². The summed E-state index contributed by atoms with van der Waals surface area (Å²) in [7, 11) is 0. The van der Waals surface area contributed by atoms with Crippen molar-refractivity contribution in [3.8, 4) is 11.4 Å². The van der Waals surface area contributed by atoms with E-state index in [0.29, 0.717) is 0 Å². The fourth-order valence-electron chi connectivity index (χ4n) is 7.35. The van der Waals surface area contributed by atoms with Gasteiger partial charge in [0, 0.05) is 0 Å². The maximum atomic E-state index is 2.48. The number of hydrogen-bond acceptors (Lipinski definition) is 0. The summed E-state index contributed by atoms with van der Waals surface area (Å²) in [6.45, 7) is 13.0. The van der Waals surface area contributed by atoms with Crippen molar-refractivity contribution in [3.05, 3.63) is 95.1 Å². The molecule has 212 valence electrons. The third-order valence-corrected chi connectivity index (χ3v) is 9.09. The molecule has 2 aromatic carbocycles. The second-order valence-electron chi connectivity index (χ2n) is 12.6. The second-order valence-corrected chi connectivity index (χ2v) is 12.6. The first-order valence-electron chi connectivity index (χ1n) is 15.6. The summed E-state index contributed by atoms with van der Waals surface area (Å²) in [6.07, 6.45) is 27.6. The van der Waals surface area contributed by atoms with Crippen LogP contribution in [0.25, 0.3) is 11.4 Å². The fraction of sp³-hybridized carbons (Fsp3) is 0.500. The lowest BCUT2D eigenvalue weighted by Gasteiger charge is -2.20. The molecule has 2 heterocycles. The number of aromatic nitrogens is 4. The van der Waals surface area contributed by atoms with Crippen LogP contribution in [0.4, 0.5) is 0 Å². The molecule has 0 aliphatic heterocycles. The predicted octanol–water partition coefficient (Wildman–Crippen LogP) is 8.39. The highest BCUT2D eigenvalue weighted by Gasteiger charge is 2.24. The predicted molar refractivity (Wildman–Crippen MR) is 165 cm³/mol. The highest BCUT2D eigenvalue weighted by Crippen LogP contribution is 2.28. The number of rotatable bonds is 4. The Hall–Kier alpha value is -3.14. The average molecular weight is 539 g/mol. The molecule has 0 spiro atoms. The van der Waals surface area contributed by atoms with Gasteiger partial charge < -0.3 is 0 Å². The normalized spacial score (nSPS) is 16.6. The van der Waals surface area contributed by atoms with Gasteiger partial charge >= 0.3 is 0 Å². The number of imidazole rings is 2. The molecule has 0 amide bonds. The van der Waals surface area contributed by atoms with Crippen LogP contribution in [-0.4, -0.2) is 9.13 Å². The van der Waals surface area contributed by atoms with Crippen LogP contribution in [0.3, 0.4) is 0 Å². The average Bonchev–Trinajstić information content (AvgIpc) is 3.60. The van der Waals surface area contributed by atoms with Gasteiger partial charge in [0.1, 0.15) is 48.2 Å². The topological polar surface area (TPSA) is 17.6 Å². The molecule has 4 heteroatoms. The second kappa shape index (κ2) is 12.6. The minimum Gasteiger partial charge on any atom is -0.234 e. The summed E-state index contributed by atoms with van der Waals surface area (Å²) in [4.78, 5) is 0. The van der Waals surface area contributed by atoms with Crippen molar-refractivity contribution in [1.82, 2.24) is 9.13 Å². The van der Waals surface area contributed by atoms with E-state index in [1.54, 1.807) is 0 Å². The third kappa shape index (κ3) is 6.43. The lowest BCUT2D eigenvalue weighted by atomic mass is 9.95. The van der Waals surface area contributed by atoms with E-state index >= 15 is 0 Å². The molecule has 40 heavy (non-hydrogen) atoms. The van der Waals surface area contributed by atoms with E-state index in [1.807, 2.05) is 0 Å². The van der Waals surface area contributed by atoms with E-state index in [4.69, 9.17) is 0 Å². The third-order valence-electron chi connectivity index (χ3n) is 9.09. The van der Waals surface area contributed by atoms with Crippen LogP contribution in [0, 0.1) is 41.5 Å². The van der Waals surface area contributed by atoms with E-state index in [-0.39, 0.29) is 0 Å². The standard InChI is InChI=1S/C21H25N2.C15H25N2/c1-14-9-16(3)20(17(4)10-14)22-7-8-23(13-22)21-18(5)11-15(2)12-19(21)6;1-3-7-14(8-4-1)16-11-12-17(13-16)15-9-5-2-6-10-15/h7-13H,1-6H3;11-15H,1-10H2/q2*+1. The Bertz CT molecular complexity index is 1280. The number of nitrogens with zero attached hydrogens (tertiary/aromatic N) is 4. The minimum absolute atomic E-state index is 0.786. The fourth-order valence-corrected chi connectivity index (χ4v) is 7.35. The van der Waals surface area contributed by atoms with Gasteiger partial charge in [-0.3, -0.25) is 0 Å². The van der Waals surface area contributed by atoms with E-state index < -0.39 is 0 Å². The molecule has 2 aromatic heterocycles. The molecular formula is C36H50N4+2. The van der Waals surface area contributed by atoms with Gasteiger partial charge in [0.2, 0.25) is 6.33 Å². The lowest BCUT2D eigenvalue weighted by molar-refractivity contribution is -0.725. The Morgan fingerprint density at radius 2 is 1.15 bits per heavy atom. The molecule has 0 bridgehead atoms. The molecule has 2 aliphatic rings. The first-order chi connectivity index (χ1) is 19.3. The van der Waals surface area contributed by atoms with Crippen molar-refractivity contribution in [2.75, 3.05) is 0 Å². The maximum Gasteiger partial charge on any atom is 0.254 e. The zero-order valence-electron chi connectivity index (χ0n) is 25.8. The number of hydrogen-bond donors (Lipinski definition) is 0. The largest absolute Gasteiger partial charge is 0.254 e. The molecule has 0 atom stereocenters. The van der Waals surface area contributed by atoms with E-state index in [0.717, 1.165) is 12.1 Å². The quantitative estimate of drug-likeness (QED) is 0.232. The lowest BCUT2D eigenvalue weighted by Crippen LogP contribution is -2.38. The van der Waals surface area contributed by atoms with Crippen LogP contribution in [0.2, 0.25) is 0 Å². The molecular weight excluding hydrogens is 488 g/mol.